The standard InChI is InChI=1S/C20H31NO3/c1-12(22)24-17-7-5-14-13-4-6-16-19(2,11-9-18(23)21-16)15(13)8-10-20(14,17)3/h13-17H,4-11H2,1-3H3,(H,21,23)/t13?,14?,15?,16-,17+,19?,20?/m1/s1. The minimum atomic E-state index is -0.130. The summed E-state index contributed by atoms with van der Waals surface area (Å²) < 4.78 is 5.71. The van der Waals surface area contributed by atoms with Gasteiger partial charge in [0.2, 0.25) is 5.91 Å². The predicted octanol–water partition coefficient (Wildman–Crippen LogP) is 3.44. The molecular weight excluding hydrogens is 302 g/mol. The van der Waals surface area contributed by atoms with E-state index in [0.29, 0.717) is 24.3 Å². The molecule has 4 nitrogen and oxygen atoms in total. The molecular formula is C20H31NO3. The van der Waals surface area contributed by atoms with E-state index in [2.05, 4.69) is 19.2 Å². The molecule has 4 fully saturated rings. The highest BCUT2D eigenvalue weighted by Gasteiger charge is 2.61. The van der Waals surface area contributed by atoms with Gasteiger partial charge in [0.15, 0.2) is 0 Å². The minimum Gasteiger partial charge on any atom is -0.462 e. The van der Waals surface area contributed by atoms with Crippen LogP contribution in [0, 0.1) is 28.6 Å². The van der Waals surface area contributed by atoms with Crippen LogP contribution in [0.15, 0.2) is 0 Å². The minimum absolute atomic E-state index is 0.109. The molecule has 4 aliphatic rings. The van der Waals surface area contributed by atoms with E-state index in [1.165, 1.54) is 19.3 Å². The second-order valence-electron chi connectivity index (χ2n) is 9.30. The second kappa shape index (κ2) is 5.47. The number of esters is 1. The van der Waals surface area contributed by atoms with Crippen LogP contribution >= 0.6 is 0 Å². The summed E-state index contributed by atoms with van der Waals surface area (Å²) in [4.78, 5) is 23.3. The van der Waals surface area contributed by atoms with Crippen LogP contribution in [0.3, 0.4) is 0 Å². The smallest absolute Gasteiger partial charge is 0.302 e. The van der Waals surface area contributed by atoms with Gasteiger partial charge in [-0.2, -0.15) is 0 Å². The van der Waals surface area contributed by atoms with Crippen LogP contribution < -0.4 is 5.32 Å². The highest BCUT2D eigenvalue weighted by atomic mass is 16.5. The summed E-state index contributed by atoms with van der Waals surface area (Å²) >= 11 is 0. The van der Waals surface area contributed by atoms with Gasteiger partial charge in [0.25, 0.3) is 0 Å². The third-order valence-corrected chi connectivity index (χ3v) is 8.32. The molecule has 3 aliphatic carbocycles. The SMILES string of the molecule is CC(=O)O[C@H]1CCC2C3CC[C@H]4NC(=O)CCC4(C)C3CCC21C. The molecule has 0 bridgehead atoms. The van der Waals surface area contributed by atoms with E-state index in [9.17, 15) is 9.59 Å². The Morgan fingerprint density at radius 2 is 1.79 bits per heavy atom. The van der Waals surface area contributed by atoms with E-state index in [0.717, 1.165) is 31.6 Å². The summed E-state index contributed by atoms with van der Waals surface area (Å²) in [6.45, 7) is 6.33. The van der Waals surface area contributed by atoms with Crippen molar-refractivity contribution in [1.82, 2.24) is 5.32 Å². The average Bonchev–Trinajstić information content (AvgIpc) is 2.84. The van der Waals surface area contributed by atoms with E-state index < -0.39 is 0 Å². The van der Waals surface area contributed by atoms with Gasteiger partial charge in [0, 0.05) is 24.8 Å². The van der Waals surface area contributed by atoms with Gasteiger partial charge in [0.1, 0.15) is 6.10 Å². The molecule has 1 amide bonds. The quantitative estimate of drug-likeness (QED) is 0.748. The molecule has 0 aromatic carbocycles. The Morgan fingerprint density at radius 1 is 1.04 bits per heavy atom. The van der Waals surface area contributed by atoms with Crippen molar-refractivity contribution < 1.29 is 14.3 Å². The van der Waals surface area contributed by atoms with Crippen LogP contribution in [0.4, 0.5) is 0 Å². The Labute approximate surface area is 145 Å². The van der Waals surface area contributed by atoms with Crippen molar-refractivity contribution >= 4 is 11.9 Å². The fourth-order valence-electron chi connectivity index (χ4n) is 7.05. The topological polar surface area (TPSA) is 55.4 Å². The largest absolute Gasteiger partial charge is 0.462 e. The Hall–Kier alpha value is -1.06. The maximum atomic E-state index is 11.8. The molecule has 0 spiro atoms. The maximum Gasteiger partial charge on any atom is 0.302 e. The molecule has 0 radical (unpaired) electrons. The van der Waals surface area contributed by atoms with Gasteiger partial charge in [-0.3, -0.25) is 9.59 Å². The molecule has 1 saturated heterocycles. The van der Waals surface area contributed by atoms with Gasteiger partial charge in [-0.25, -0.2) is 0 Å². The lowest BCUT2D eigenvalue weighted by Crippen LogP contribution is -2.61. The third kappa shape index (κ3) is 2.24. The lowest BCUT2D eigenvalue weighted by Gasteiger charge is -2.60. The molecule has 3 saturated carbocycles. The first-order chi connectivity index (χ1) is 11.3. The Kier molecular flexibility index (Phi) is 3.74. The van der Waals surface area contributed by atoms with E-state index in [1.54, 1.807) is 6.92 Å². The van der Waals surface area contributed by atoms with E-state index in [-0.39, 0.29) is 28.8 Å². The van der Waals surface area contributed by atoms with Gasteiger partial charge in [-0.05, 0) is 68.1 Å². The number of carbonyl (C=O) groups is 2. The van der Waals surface area contributed by atoms with Gasteiger partial charge >= 0.3 is 5.97 Å². The zero-order valence-corrected chi connectivity index (χ0v) is 15.3. The zero-order valence-electron chi connectivity index (χ0n) is 15.3. The molecule has 5 unspecified atom stereocenters. The molecule has 134 valence electrons. The number of nitrogens with one attached hydrogen (secondary N) is 1. The summed E-state index contributed by atoms with van der Waals surface area (Å²) in [5.41, 5.74) is 0.422. The molecule has 0 aromatic heterocycles. The van der Waals surface area contributed by atoms with Crippen LogP contribution in [0.25, 0.3) is 0 Å². The van der Waals surface area contributed by atoms with Gasteiger partial charge in [-0.1, -0.05) is 13.8 Å². The summed E-state index contributed by atoms with van der Waals surface area (Å²) in [5.74, 6) is 2.24. The molecule has 4 rings (SSSR count). The van der Waals surface area contributed by atoms with E-state index in [4.69, 9.17) is 4.74 Å². The zero-order chi connectivity index (χ0) is 17.1. The first-order valence-electron chi connectivity index (χ1n) is 9.81. The number of amides is 1. The highest BCUT2D eigenvalue weighted by Crippen LogP contribution is 2.64. The maximum absolute atomic E-state index is 11.8. The van der Waals surface area contributed by atoms with Crippen molar-refractivity contribution in [2.45, 2.75) is 84.3 Å². The molecule has 1 heterocycles. The summed E-state index contributed by atoms with van der Waals surface area (Å²) in [6, 6.07) is 0.370. The van der Waals surface area contributed by atoms with Gasteiger partial charge in [0.05, 0.1) is 0 Å². The second-order valence-corrected chi connectivity index (χ2v) is 9.30. The molecule has 1 N–H and O–H groups in total. The fourth-order valence-corrected chi connectivity index (χ4v) is 7.05. The summed E-state index contributed by atoms with van der Waals surface area (Å²) in [6.07, 6.45) is 8.79. The molecule has 7 atom stereocenters. The number of hydrogen-bond donors (Lipinski definition) is 1. The highest BCUT2D eigenvalue weighted by molar-refractivity contribution is 5.77. The summed E-state index contributed by atoms with van der Waals surface area (Å²) in [7, 11) is 0. The third-order valence-electron chi connectivity index (χ3n) is 8.32. The number of rotatable bonds is 1. The molecule has 24 heavy (non-hydrogen) atoms. The van der Waals surface area contributed by atoms with Crippen molar-refractivity contribution in [3.05, 3.63) is 0 Å². The number of piperidine rings is 1. The van der Waals surface area contributed by atoms with Gasteiger partial charge < -0.3 is 10.1 Å². The first-order valence-corrected chi connectivity index (χ1v) is 9.81. The average molecular weight is 333 g/mol. The number of carbonyl (C=O) groups excluding carboxylic acids is 2. The van der Waals surface area contributed by atoms with E-state index >= 15 is 0 Å². The molecule has 1 aliphatic heterocycles. The summed E-state index contributed by atoms with van der Waals surface area (Å²) in [5, 5.41) is 3.29. The van der Waals surface area contributed by atoms with Crippen LogP contribution in [0.1, 0.15) is 72.1 Å². The van der Waals surface area contributed by atoms with Crippen LogP contribution in [0.2, 0.25) is 0 Å². The van der Waals surface area contributed by atoms with Crippen molar-refractivity contribution in [2.75, 3.05) is 0 Å². The van der Waals surface area contributed by atoms with Crippen molar-refractivity contribution in [2.24, 2.45) is 28.6 Å². The van der Waals surface area contributed by atoms with Crippen LogP contribution in [0.5, 0.6) is 0 Å². The number of ether oxygens (including phenoxy) is 1. The van der Waals surface area contributed by atoms with Crippen LogP contribution in [-0.4, -0.2) is 24.0 Å². The fraction of sp³-hybridized carbons (Fsp3) is 0.900. The monoisotopic (exact) mass is 333 g/mol. The number of hydrogen-bond acceptors (Lipinski definition) is 3. The lowest BCUT2D eigenvalue weighted by atomic mass is 9.47. The molecule has 4 heteroatoms. The normalized spacial score (nSPS) is 50.3. The Bertz CT molecular complexity index is 561. The lowest BCUT2D eigenvalue weighted by molar-refractivity contribution is -0.160. The number of fused-ring (bicyclic) bond motifs is 5. The van der Waals surface area contributed by atoms with E-state index in [1.807, 2.05) is 0 Å². The van der Waals surface area contributed by atoms with Crippen LogP contribution in [-0.2, 0) is 14.3 Å². The predicted molar refractivity (Wildman–Crippen MR) is 91.1 cm³/mol. The van der Waals surface area contributed by atoms with Crippen molar-refractivity contribution in [3.8, 4) is 0 Å². The van der Waals surface area contributed by atoms with Crippen molar-refractivity contribution in [3.63, 3.8) is 0 Å². The Balaban J connectivity index is 1.58. The Morgan fingerprint density at radius 3 is 2.54 bits per heavy atom. The molecule has 0 aromatic rings. The first kappa shape index (κ1) is 16.4. The van der Waals surface area contributed by atoms with Crippen molar-refractivity contribution in [1.29, 1.82) is 0 Å². The van der Waals surface area contributed by atoms with Gasteiger partial charge in [-0.15, -0.1) is 0 Å².